The highest BCUT2D eigenvalue weighted by Crippen LogP contribution is 2.20. The Morgan fingerprint density at radius 3 is 2.68 bits per heavy atom. The largest absolute Gasteiger partial charge is 0.270 e. The van der Waals surface area contributed by atoms with Crippen molar-refractivity contribution in [2.24, 2.45) is 0 Å². The molecule has 0 aliphatic carbocycles. The summed E-state index contributed by atoms with van der Waals surface area (Å²) in [5, 5.41) is 10.9. The molecule has 0 bridgehead atoms. The van der Waals surface area contributed by atoms with Crippen molar-refractivity contribution in [3.05, 3.63) is 88.9 Å². The molecular weight excluding hydrogens is 278 g/mol. The van der Waals surface area contributed by atoms with Gasteiger partial charge in [0.2, 0.25) is 5.69 Å². The van der Waals surface area contributed by atoms with E-state index < -0.39 is 0 Å². The van der Waals surface area contributed by atoms with Crippen molar-refractivity contribution in [3.63, 3.8) is 0 Å². The van der Waals surface area contributed by atoms with E-state index in [0.717, 1.165) is 16.8 Å². The molecule has 0 spiro atoms. The highest BCUT2D eigenvalue weighted by atomic mass is 16.6. The van der Waals surface area contributed by atoms with Gasteiger partial charge in [0.1, 0.15) is 0 Å². The van der Waals surface area contributed by atoms with Crippen LogP contribution in [-0.4, -0.2) is 9.91 Å². The van der Waals surface area contributed by atoms with Gasteiger partial charge in [0, 0.05) is 17.7 Å². The zero-order valence-corrected chi connectivity index (χ0v) is 11.8. The van der Waals surface area contributed by atoms with Crippen molar-refractivity contribution in [1.29, 1.82) is 0 Å². The molecule has 1 heterocycles. The zero-order valence-electron chi connectivity index (χ0n) is 11.8. The van der Waals surface area contributed by atoms with Crippen LogP contribution in [0.15, 0.2) is 73.2 Å². The molecule has 0 amide bonds. The monoisotopic (exact) mass is 292 g/mol. The van der Waals surface area contributed by atoms with Gasteiger partial charge in [0.15, 0.2) is 12.7 Å². The zero-order chi connectivity index (χ0) is 15.4. The number of nitro benzene ring substituents is 1. The molecule has 0 atom stereocenters. The van der Waals surface area contributed by atoms with Crippen LogP contribution in [0.5, 0.6) is 0 Å². The number of nitrogens with zero attached hydrogens (tertiary/aromatic N) is 3. The molecule has 2 aromatic carbocycles. The first-order valence-corrected chi connectivity index (χ1v) is 6.86. The third-order valence-electron chi connectivity index (χ3n) is 3.39. The van der Waals surface area contributed by atoms with Crippen LogP contribution in [0.3, 0.4) is 0 Å². The van der Waals surface area contributed by atoms with Crippen molar-refractivity contribution in [2.75, 3.05) is 0 Å². The Labute approximate surface area is 127 Å². The van der Waals surface area contributed by atoms with Gasteiger partial charge >= 0.3 is 0 Å². The molecule has 22 heavy (non-hydrogen) atoms. The van der Waals surface area contributed by atoms with Crippen LogP contribution in [-0.2, 0) is 6.54 Å². The van der Waals surface area contributed by atoms with E-state index in [0.29, 0.717) is 6.54 Å². The van der Waals surface area contributed by atoms with Gasteiger partial charge in [-0.1, -0.05) is 36.4 Å². The van der Waals surface area contributed by atoms with Crippen LogP contribution < -0.4 is 4.57 Å². The second-order valence-corrected chi connectivity index (χ2v) is 4.88. The van der Waals surface area contributed by atoms with E-state index in [1.165, 1.54) is 6.07 Å². The van der Waals surface area contributed by atoms with Crippen molar-refractivity contribution in [1.82, 2.24) is 4.98 Å². The fraction of sp³-hybridized carbons (Fsp3) is 0.0588. The maximum absolute atomic E-state index is 10.9. The summed E-state index contributed by atoms with van der Waals surface area (Å²) < 4.78 is 2.03. The summed E-state index contributed by atoms with van der Waals surface area (Å²) in [6.07, 6.45) is 5.31. The van der Waals surface area contributed by atoms with Gasteiger partial charge in [-0.2, -0.15) is 4.57 Å². The first-order valence-electron chi connectivity index (χ1n) is 6.86. The van der Waals surface area contributed by atoms with E-state index in [2.05, 4.69) is 4.98 Å². The molecule has 3 rings (SSSR count). The smallest absolute Gasteiger partial charge is 0.258 e. The van der Waals surface area contributed by atoms with Crippen LogP contribution in [0, 0.1) is 10.1 Å². The summed E-state index contributed by atoms with van der Waals surface area (Å²) in [5.41, 5.74) is 2.85. The topological polar surface area (TPSA) is 59.9 Å². The van der Waals surface area contributed by atoms with Crippen LogP contribution in [0.25, 0.3) is 11.3 Å². The number of rotatable bonds is 4. The van der Waals surface area contributed by atoms with E-state index in [1.54, 1.807) is 24.5 Å². The number of hydrogen-bond acceptors (Lipinski definition) is 3. The maximum Gasteiger partial charge on any atom is 0.270 e. The van der Waals surface area contributed by atoms with Crippen LogP contribution >= 0.6 is 0 Å². The van der Waals surface area contributed by atoms with Gasteiger partial charge in [0.25, 0.3) is 5.69 Å². The number of hydrogen-bond donors (Lipinski definition) is 0. The molecule has 0 radical (unpaired) electrons. The second kappa shape index (κ2) is 6.13. The lowest BCUT2D eigenvalue weighted by Crippen LogP contribution is -2.36. The summed E-state index contributed by atoms with van der Waals surface area (Å²) in [6, 6.07) is 16.6. The van der Waals surface area contributed by atoms with Gasteiger partial charge < -0.3 is 0 Å². The first-order chi connectivity index (χ1) is 10.7. The number of non-ortho nitro benzene ring substituents is 1. The Bertz CT molecular complexity index is 804. The van der Waals surface area contributed by atoms with Gasteiger partial charge in [0.05, 0.1) is 22.9 Å². The molecular formula is C17H14N3O2+. The minimum Gasteiger partial charge on any atom is -0.258 e. The van der Waals surface area contributed by atoms with Gasteiger partial charge in [-0.25, -0.2) is 0 Å². The maximum atomic E-state index is 10.9. The van der Waals surface area contributed by atoms with Crippen LogP contribution in [0.4, 0.5) is 5.69 Å². The molecule has 5 nitrogen and oxygen atoms in total. The van der Waals surface area contributed by atoms with E-state index in [4.69, 9.17) is 0 Å². The summed E-state index contributed by atoms with van der Waals surface area (Å²) in [7, 11) is 0. The van der Waals surface area contributed by atoms with Crippen molar-refractivity contribution >= 4 is 5.69 Å². The molecule has 0 saturated carbocycles. The third kappa shape index (κ3) is 2.98. The molecule has 108 valence electrons. The molecule has 5 heteroatoms. The number of benzene rings is 2. The SMILES string of the molecule is O=[N+]([O-])c1cccc(-c2cncc[n+]2Cc2ccccc2)c1. The molecule has 3 aromatic rings. The summed E-state index contributed by atoms with van der Waals surface area (Å²) >= 11 is 0. The molecule has 0 saturated heterocycles. The number of aromatic nitrogens is 2. The fourth-order valence-electron chi connectivity index (χ4n) is 2.32. The third-order valence-corrected chi connectivity index (χ3v) is 3.39. The van der Waals surface area contributed by atoms with E-state index in [1.807, 2.05) is 47.2 Å². The van der Waals surface area contributed by atoms with Gasteiger partial charge in [-0.05, 0) is 6.07 Å². The molecule has 0 aliphatic heterocycles. The summed E-state index contributed by atoms with van der Waals surface area (Å²) in [5.74, 6) is 0. The molecule has 0 fully saturated rings. The average molecular weight is 292 g/mol. The van der Waals surface area contributed by atoms with Gasteiger partial charge in [-0.15, -0.1) is 0 Å². The highest BCUT2D eigenvalue weighted by Gasteiger charge is 2.16. The van der Waals surface area contributed by atoms with E-state index in [9.17, 15) is 10.1 Å². The van der Waals surface area contributed by atoms with Crippen molar-refractivity contribution in [2.45, 2.75) is 6.54 Å². The Morgan fingerprint density at radius 1 is 1.09 bits per heavy atom. The number of nitro groups is 1. The minimum atomic E-state index is -0.387. The molecule has 0 N–H and O–H groups in total. The van der Waals surface area contributed by atoms with Crippen molar-refractivity contribution < 1.29 is 9.49 Å². The summed E-state index contributed by atoms with van der Waals surface area (Å²) in [4.78, 5) is 14.7. The van der Waals surface area contributed by atoms with Crippen LogP contribution in [0.2, 0.25) is 0 Å². The fourth-order valence-corrected chi connectivity index (χ4v) is 2.32. The molecule has 0 aliphatic rings. The average Bonchev–Trinajstić information content (AvgIpc) is 2.56. The molecule has 1 aromatic heterocycles. The lowest BCUT2D eigenvalue weighted by molar-refractivity contribution is -0.678. The quantitative estimate of drug-likeness (QED) is 0.422. The van der Waals surface area contributed by atoms with E-state index >= 15 is 0 Å². The van der Waals surface area contributed by atoms with Crippen molar-refractivity contribution in [3.8, 4) is 11.3 Å². The summed E-state index contributed by atoms with van der Waals surface area (Å²) in [6.45, 7) is 0.682. The Balaban J connectivity index is 2.01. The standard InChI is InChI=1S/C17H14N3O2/c21-20(22)16-8-4-7-15(11-16)17-12-18-9-10-19(17)13-14-5-2-1-3-6-14/h1-12H,13H2/q+1. The Hall–Kier alpha value is -3.08. The predicted octanol–water partition coefficient (Wildman–Crippen LogP) is 2.99. The first kappa shape index (κ1) is 13.9. The lowest BCUT2D eigenvalue weighted by atomic mass is 10.1. The second-order valence-electron chi connectivity index (χ2n) is 4.88. The normalized spacial score (nSPS) is 10.4. The highest BCUT2D eigenvalue weighted by molar-refractivity contribution is 5.59. The minimum absolute atomic E-state index is 0.0765. The van der Waals surface area contributed by atoms with Gasteiger partial charge in [-0.3, -0.25) is 15.1 Å². The lowest BCUT2D eigenvalue weighted by Gasteiger charge is -2.04. The van der Waals surface area contributed by atoms with Crippen LogP contribution in [0.1, 0.15) is 5.56 Å². The van der Waals surface area contributed by atoms with E-state index in [-0.39, 0.29) is 10.6 Å². The predicted molar refractivity (Wildman–Crippen MR) is 82.1 cm³/mol. The Kier molecular flexibility index (Phi) is 3.87. The Morgan fingerprint density at radius 2 is 1.91 bits per heavy atom. The molecule has 0 unspecified atom stereocenters.